The van der Waals surface area contributed by atoms with Gasteiger partial charge in [0.05, 0.1) is 24.7 Å². The number of hydrogen-bond acceptors (Lipinski definition) is 5. The molecule has 1 fully saturated rings. The van der Waals surface area contributed by atoms with E-state index in [1.807, 2.05) is 19.3 Å². The Kier molecular flexibility index (Phi) is 4.57. The van der Waals surface area contributed by atoms with Crippen LogP contribution in [0.3, 0.4) is 0 Å². The van der Waals surface area contributed by atoms with Crippen molar-refractivity contribution in [3.05, 3.63) is 24.0 Å². The first-order valence-electron chi connectivity index (χ1n) is 6.42. The number of hydrogen-bond donors (Lipinski definition) is 1. The van der Waals surface area contributed by atoms with Gasteiger partial charge in [-0.25, -0.2) is 4.79 Å². The number of pyridine rings is 1. The van der Waals surface area contributed by atoms with Crippen LogP contribution in [0.25, 0.3) is 0 Å². The fourth-order valence-corrected chi connectivity index (χ4v) is 2.17. The molecule has 0 saturated carbocycles. The summed E-state index contributed by atoms with van der Waals surface area (Å²) in [7, 11) is 3.32. The number of amides is 1. The van der Waals surface area contributed by atoms with E-state index in [0.717, 1.165) is 31.0 Å². The van der Waals surface area contributed by atoms with Crippen LogP contribution in [0.2, 0.25) is 0 Å². The van der Waals surface area contributed by atoms with E-state index in [4.69, 9.17) is 4.74 Å². The molecule has 1 aliphatic heterocycles. The zero-order valence-electron chi connectivity index (χ0n) is 11.4. The van der Waals surface area contributed by atoms with Crippen molar-refractivity contribution in [3.63, 3.8) is 0 Å². The topological polar surface area (TPSA) is 57.7 Å². The zero-order valence-corrected chi connectivity index (χ0v) is 11.4. The third-order valence-corrected chi connectivity index (χ3v) is 3.24. The Balaban J connectivity index is 1.92. The normalized spacial score (nSPS) is 15.5. The molecule has 0 atom stereocenters. The maximum atomic E-state index is 11.4. The molecular weight excluding hydrogens is 244 g/mol. The van der Waals surface area contributed by atoms with Gasteiger partial charge in [0.25, 0.3) is 0 Å². The van der Waals surface area contributed by atoms with Gasteiger partial charge in [0.15, 0.2) is 0 Å². The first-order chi connectivity index (χ1) is 9.24. The predicted molar refractivity (Wildman–Crippen MR) is 73.2 cm³/mol. The van der Waals surface area contributed by atoms with Crippen molar-refractivity contribution >= 4 is 11.8 Å². The molecular formula is C13H20N4O2. The molecule has 6 heteroatoms. The number of methoxy groups -OCH3 is 1. The number of nitrogens with one attached hydrogen (secondary N) is 1. The average Bonchev–Trinajstić information content (AvgIpc) is 2.48. The van der Waals surface area contributed by atoms with Gasteiger partial charge in [-0.3, -0.25) is 4.98 Å². The van der Waals surface area contributed by atoms with Gasteiger partial charge >= 0.3 is 6.09 Å². The number of carbonyl (C=O) groups is 1. The Morgan fingerprint density at radius 3 is 2.63 bits per heavy atom. The molecule has 1 N–H and O–H groups in total. The second-order valence-corrected chi connectivity index (χ2v) is 4.48. The predicted octanol–water partition coefficient (Wildman–Crippen LogP) is 0.689. The van der Waals surface area contributed by atoms with Gasteiger partial charge < -0.3 is 19.9 Å². The smallest absolute Gasteiger partial charge is 0.409 e. The summed E-state index contributed by atoms with van der Waals surface area (Å²) >= 11 is 0. The number of piperazine rings is 1. The summed E-state index contributed by atoms with van der Waals surface area (Å²) < 4.78 is 4.72. The van der Waals surface area contributed by atoms with Gasteiger partial charge in [0.2, 0.25) is 0 Å². The quantitative estimate of drug-likeness (QED) is 0.870. The van der Waals surface area contributed by atoms with Crippen LogP contribution in [0.15, 0.2) is 18.3 Å². The molecule has 0 aromatic carbocycles. The van der Waals surface area contributed by atoms with E-state index in [9.17, 15) is 4.79 Å². The van der Waals surface area contributed by atoms with Crippen LogP contribution in [-0.4, -0.2) is 56.3 Å². The number of aromatic nitrogens is 1. The molecule has 1 saturated heterocycles. The summed E-state index contributed by atoms with van der Waals surface area (Å²) in [5.74, 6) is 0. The molecule has 2 heterocycles. The second kappa shape index (κ2) is 6.38. The van der Waals surface area contributed by atoms with Crippen molar-refractivity contribution in [2.24, 2.45) is 0 Å². The summed E-state index contributed by atoms with van der Waals surface area (Å²) in [4.78, 5) is 19.8. The molecule has 19 heavy (non-hydrogen) atoms. The Morgan fingerprint density at radius 1 is 1.37 bits per heavy atom. The molecule has 6 nitrogen and oxygen atoms in total. The van der Waals surface area contributed by atoms with E-state index < -0.39 is 0 Å². The van der Waals surface area contributed by atoms with Gasteiger partial charge in [0, 0.05) is 32.7 Å². The molecule has 1 aromatic heterocycles. The Labute approximate surface area is 113 Å². The van der Waals surface area contributed by atoms with Crippen LogP contribution in [0.5, 0.6) is 0 Å². The van der Waals surface area contributed by atoms with Crippen molar-refractivity contribution in [2.45, 2.75) is 6.54 Å². The average molecular weight is 264 g/mol. The highest BCUT2D eigenvalue weighted by molar-refractivity contribution is 5.67. The Hall–Kier alpha value is -1.82. The van der Waals surface area contributed by atoms with Crippen molar-refractivity contribution in [1.29, 1.82) is 0 Å². The van der Waals surface area contributed by atoms with Crippen LogP contribution in [0, 0.1) is 0 Å². The first-order valence-corrected chi connectivity index (χ1v) is 6.42. The molecule has 1 amide bonds. The number of rotatable bonds is 3. The van der Waals surface area contributed by atoms with E-state index in [2.05, 4.69) is 21.3 Å². The molecule has 0 bridgehead atoms. The lowest BCUT2D eigenvalue weighted by molar-refractivity contribution is 0.121. The molecule has 0 spiro atoms. The van der Waals surface area contributed by atoms with Gasteiger partial charge in [-0.15, -0.1) is 0 Å². The molecule has 0 aliphatic carbocycles. The molecule has 2 rings (SSSR count). The van der Waals surface area contributed by atoms with Gasteiger partial charge in [-0.1, -0.05) is 0 Å². The van der Waals surface area contributed by atoms with Crippen LogP contribution in [0.1, 0.15) is 5.69 Å². The van der Waals surface area contributed by atoms with E-state index in [-0.39, 0.29) is 6.09 Å². The van der Waals surface area contributed by atoms with E-state index in [1.165, 1.54) is 7.11 Å². The zero-order chi connectivity index (χ0) is 13.7. The monoisotopic (exact) mass is 264 g/mol. The molecule has 1 aliphatic rings. The highest BCUT2D eigenvalue weighted by Gasteiger charge is 2.21. The highest BCUT2D eigenvalue weighted by atomic mass is 16.5. The lowest BCUT2D eigenvalue weighted by Crippen LogP contribution is -2.48. The van der Waals surface area contributed by atoms with Crippen molar-refractivity contribution in [2.75, 3.05) is 45.2 Å². The standard InChI is InChI=1S/C13H20N4O2/c1-14-9-11-3-4-12(10-15-11)16-5-7-17(8-6-16)13(18)19-2/h3-4,10,14H,5-9H2,1-2H3. The summed E-state index contributed by atoms with van der Waals surface area (Å²) in [5, 5.41) is 3.07. The minimum Gasteiger partial charge on any atom is -0.453 e. The van der Waals surface area contributed by atoms with Crippen molar-refractivity contribution < 1.29 is 9.53 Å². The van der Waals surface area contributed by atoms with E-state index in [0.29, 0.717) is 13.1 Å². The largest absolute Gasteiger partial charge is 0.453 e. The number of anilines is 1. The maximum absolute atomic E-state index is 11.4. The summed E-state index contributed by atoms with van der Waals surface area (Å²) in [5.41, 5.74) is 2.13. The molecule has 0 radical (unpaired) electrons. The lowest BCUT2D eigenvalue weighted by atomic mass is 10.2. The Morgan fingerprint density at radius 2 is 2.11 bits per heavy atom. The van der Waals surface area contributed by atoms with Crippen LogP contribution in [0.4, 0.5) is 10.5 Å². The summed E-state index contributed by atoms with van der Waals surface area (Å²) in [6.45, 7) is 3.76. The second-order valence-electron chi connectivity index (χ2n) is 4.48. The van der Waals surface area contributed by atoms with Gasteiger partial charge in [-0.2, -0.15) is 0 Å². The maximum Gasteiger partial charge on any atom is 0.409 e. The minimum atomic E-state index is -0.248. The number of ether oxygens (including phenoxy) is 1. The van der Waals surface area contributed by atoms with Crippen molar-refractivity contribution in [3.8, 4) is 0 Å². The first kappa shape index (κ1) is 13.6. The van der Waals surface area contributed by atoms with Crippen LogP contribution >= 0.6 is 0 Å². The minimum absolute atomic E-state index is 0.248. The third kappa shape index (κ3) is 3.35. The van der Waals surface area contributed by atoms with Gasteiger partial charge in [0.1, 0.15) is 0 Å². The molecule has 0 unspecified atom stereocenters. The van der Waals surface area contributed by atoms with Crippen LogP contribution in [-0.2, 0) is 11.3 Å². The number of nitrogens with zero attached hydrogens (tertiary/aromatic N) is 3. The summed E-state index contributed by atoms with van der Waals surface area (Å²) in [6.07, 6.45) is 1.64. The van der Waals surface area contributed by atoms with Gasteiger partial charge in [-0.05, 0) is 19.2 Å². The third-order valence-electron chi connectivity index (χ3n) is 3.24. The Bertz CT molecular complexity index is 413. The van der Waals surface area contributed by atoms with E-state index in [1.54, 1.807) is 4.90 Å². The van der Waals surface area contributed by atoms with E-state index >= 15 is 0 Å². The SMILES string of the molecule is CNCc1ccc(N2CCN(C(=O)OC)CC2)cn1. The fourth-order valence-electron chi connectivity index (χ4n) is 2.17. The lowest BCUT2D eigenvalue weighted by Gasteiger charge is -2.35. The molecule has 104 valence electrons. The summed E-state index contributed by atoms with van der Waals surface area (Å²) in [6, 6.07) is 4.10. The van der Waals surface area contributed by atoms with Crippen LogP contribution < -0.4 is 10.2 Å². The fraction of sp³-hybridized carbons (Fsp3) is 0.538. The number of carbonyl (C=O) groups excluding carboxylic acids is 1. The van der Waals surface area contributed by atoms with Crippen molar-refractivity contribution in [1.82, 2.24) is 15.2 Å². The molecule has 1 aromatic rings. The highest BCUT2D eigenvalue weighted by Crippen LogP contribution is 2.15.